The van der Waals surface area contributed by atoms with Crippen LogP contribution in [0.15, 0.2) is 10.7 Å². The third-order valence-electron chi connectivity index (χ3n) is 6.30. The van der Waals surface area contributed by atoms with E-state index >= 15 is 0 Å². The molecule has 0 aromatic carbocycles. The van der Waals surface area contributed by atoms with Gasteiger partial charge in [0.1, 0.15) is 11.8 Å². The standard InChI is InChI=1S/C22H29N5O2/c1-5-6-16-15-12-28-22(2,3)11-14(15)17-18-19(29-21(17)25-16)20(24-13-23-18)27-9-7-26(4)8-10-27/h13H,5-12H2,1-4H3/p+1. The van der Waals surface area contributed by atoms with Gasteiger partial charge < -0.3 is 19.0 Å². The van der Waals surface area contributed by atoms with Crippen LogP contribution in [-0.4, -0.2) is 53.8 Å². The van der Waals surface area contributed by atoms with Crippen LogP contribution in [0.1, 0.15) is 44.0 Å². The number of quaternary nitrogens is 1. The summed E-state index contributed by atoms with van der Waals surface area (Å²) in [5.74, 6) is 0.901. The molecule has 7 nitrogen and oxygen atoms in total. The van der Waals surface area contributed by atoms with Crippen LogP contribution in [0.4, 0.5) is 5.82 Å². The number of aryl methyl sites for hydroxylation is 1. The van der Waals surface area contributed by atoms with Gasteiger partial charge in [-0.25, -0.2) is 15.0 Å². The van der Waals surface area contributed by atoms with Gasteiger partial charge in [0, 0.05) is 12.0 Å². The quantitative estimate of drug-likeness (QED) is 0.729. The van der Waals surface area contributed by atoms with E-state index in [9.17, 15) is 0 Å². The minimum absolute atomic E-state index is 0.204. The lowest BCUT2D eigenvalue weighted by molar-refractivity contribution is -0.880. The van der Waals surface area contributed by atoms with Crippen molar-refractivity contribution in [2.45, 2.75) is 52.2 Å². The molecule has 29 heavy (non-hydrogen) atoms. The van der Waals surface area contributed by atoms with E-state index in [0.29, 0.717) is 12.3 Å². The SMILES string of the molecule is CCCc1nc2oc3c(N4CC[NH+](C)CC4)ncnc3c2c2c1COC(C)(C)C2. The summed E-state index contributed by atoms with van der Waals surface area (Å²) in [6.45, 7) is 11.2. The largest absolute Gasteiger partial charge is 0.432 e. The number of nitrogens with one attached hydrogen (secondary N) is 1. The maximum absolute atomic E-state index is 6.36. The van der Waals surface area contributed by atoms with Crippen LogP contribution in [0.3, 0.4) is 0 Å². The molecular weight excluding hydrogens is 366 g/mol. The predicted molar refractivity (Wildman–Crippen MR) is 113 cm³/mol. The van der Waals surface area contributed by atoms with Gasteiger partial charge in [-0.2, -0.15) is 0 Å². The molecule has 3 aromatic heterocycles. The summed E-state index contributed by atoms with van der Waals surface area (Å²) in [7, 11) is 2.24. The molecule has 1 N–H and O–H groups in total. The highest BCUT2D eigenvalue weighted by molar-refractivity contribution is 6.06. The highest BCUT2D eigenvalue weighted by Crippen LogP contribution is 2.40. The molecule has 0 aliphatic carbocycles. The van der Waals surface area contributed by atoms with Crippen molar-refractivity contribution in [3.63, 3.8) is 0 Å². The summed E-state index contributed by atoms with van der Waals surface area (Å²) < 4.78 is 12.5. The number of pyridine rings is 1. The van der Waals surface area contributed by atoms with Gasteiger partial charge in [-0.3, -0.25) is 0 Å². The molecule has 0 unspecified atom stereocenters. The van der Waals surface area contributed by atoms with Crippen molar-refractivity contribution >= 4 is 28.0 Å². The number of nitrogens with zero attached hydrogens (tertiary/aromatic N) is 4. The van der Waals surface area contributed by atoms with Crippen molar-refractivity contribution in [2.75, 3.05) is 38.1 Å². The Labute approximate surface area is 171 Å². The summed E-state index contributed by atoms with van der Waals surface area (Å²) in [4.78, 5) is 18.1. The topological polar surface area (TPSA) is 68.7 Å². The van der Waals surface area contributed by atoms with Crippen molar-refractivity contribution in [3.05, 3.63) is 23.1 Å². The third-order valence-corrected chi connectivity index (χ3v) is 6.30. The molecule has 5 heterocycles. The van der Waals surface area contributed by atoms with Crippen molar-refractivity contribution in [2.24, 2.45) is 0 Å². The van der Waals surface area contributed by atoms with Crippen LogP contribution >= 0.6 is 0 Å². The second-order valence-corrected chi connectivity index (χ2v) is 9.09. The Morgan fingerprint density at radius 2 is 1.97 bits per heavy atom. The Balaban J connectivity index is 1.73. The van der Waals surface area contributed by atoms with Crippen molar-refractivity contribution in [1.29, 1.82) is 0 Å². The number of hydrogen-bond donors (Lipinski definition) is 1. The van der Waals surface area contributed by atoms with E-state index in [-0.39, 0.29) is 5.60 Å². The Bertz CT molecular complexity index is 1070. The van der Waals surface area contributed by atoms with Crippen LogP contribution in [0, 0.1) is 0 Å². The fourth-order valence-electron chi connectivity index (χ4n) is 4.63. The van der Waals surface area contributed by atoms with Gasteiger partial charge in [0.15, 0.2) is 11.4 Å². The number of aromatic nitrogens is 3. The van der Waals surface area contributed by atoms with Gasteiger partial charge in [-0.1, -0.05) is 13.3 Å². The second kappa shape index (κ2) is 6.92. The molecule has 7 heteroatoms. The van der Waals surface area contributed by atoms with Crippen LogP contribution in [0.2, 0.25) is 0 Å². The normalized spacial score (nSPS) is 19.8. The lowest BCUT2D eigenvalue weighted by Crippen LogP contribution is -3.12. The maximum atomic E-state index is 6.36. The van der Waals surface area contributed by atoms with E-state index in [1.807, 2.05) is 0 Å². The molecule has 1 saturated heterocycles. The highest BCUT2D eigenvalue weighted by atomic mass is 16.5. The zero-order valence-corrected chi connectivity index (χ0v) is 17.8. The maximum Gasteiger partial charge on any atom is 0.229 e. The molecule has 2 aliphatic heterocycles. The molecule has 0 spiro atoms. The molecule has 5 rings (SSSR count). The Hall–Kier alpha value is -2.25. The molecule has 3 aromatic rings. The number of ether oxygens (including phenoxy) is 1. The Morgan fingerprint density at radius 3 is 2.72 bits per heavy atom. The molecule has 2 aliphatic rings. The van der Waals surface area contributed by atoms with E-state index < -0.39 is 0 Å². The van der Waals surface area contributed by atoms with Crippen molar-refractivity contribution < 1.29 is 14.1 Å². The highest BCUT2D eigenvalue weighted by Gasteiger charge is 2.32. The number of anilines is 1. The Kier molecular flexibility index (Phi) is 4.47. The molecular formula is C22H30N5O2+. The number of furan rings is 1. The lowest BCUT2D eigenvalue weighted by Gasteiger charge is -2.33. The zero-order valence-electron chi connectivity index (χ0n) is 17.8. The first-order valence-electron chi connectivity index (χ1n) is 10.7. The molecule has 0 radical (unpaired) electrons. The van der Waals surface area contributed by atoms with Crippen LogP contribution in [-0.2, 0) is 24.2 Å². The third kappa shape index (κ3) is 3.16. The molecule has 154 valence electrons. The van der Waals surface area contributed by atoms with E-state index in [2.05, 4.69) is 42.7 Å². The fraction of sp³-hybridized carbons (Fsp3) is 0.591. The van der Waals surface area contributed by atoms with Gasteiger partial charge in [-0.15, -0.1) is 0 Å². The van der Waals surface area contributed by atoms with E-state index in [1.54, 1.807) is 11.2 Å². The summed E-state index contributed by atoms with van der Waals surface area (Å²) >= 11 is 0. The van der Waals surface area contributed by atoms with Gasteiger partial charge in [0.25, 0.3) is 0 Å². The minimum atomic E-state index is -0.204. The summed E-state index contributed by atoms with van der Waals surface area (Å²) in [5, 5.41) is 1.05. The first-order chi connectivity index (χ1) is 14.0. The molecule has 0 atom stereocenters. The van der Waals surface area contributed by atoms with Crippen molar-refractivity contribution in [3.8, 4) is 0 Å². The number of hydrogen-bond acceptors (Lipinski definition) is 6. The first kappa shape index (κ1) is 18.8. The Morgan fingerprint density at radius 1 is 1.17 bits per heavy atom. The van der Waals surface area contributed by atoms with E-state index in [0.717, 1.165) is 73.4 Å². The number of fused-ring (bicyclic) bond motifs is 5. The summed E-state index contributed by atoms with van der Waals surface area (Å²) in [6, 6.07) is 0. The zero-order chi connectivity index (χ0) is 20.2. The van der Waals surface area contributed by atoms with Gasteiger partial charge in [0.05, 0.1) is 56.5 Å². The molecule has 0 saturated carbocycles. The van der Waals surface area contributed by atoms with Gasteiger partial charge >= 0.3 is 0 Å². The molecule has 0 bridgehead atoms. The van der Waals surface area contributed by atoms with Crippen molar-refractivity contribution in [1.82, 2.24) is 15.0 Å². The number of piperazine rings is 1. The van der Waals surface area contributed by atoms with Gasteiger partial charge in [-0.05, 0) is 25.8 Å². The minimum Gasteiger partial charge on any atom is -0.432 e. The molecule has 0 amide bonds. The summed E-state index contributed by atoms with van der Waals surface area (Å²) in [5.41, 5.74) is 5.77. The lowest BCUT2D eigenvalue weighted by atomic mass is 9.88. The van der Waals surface area contributed by atoms with E-state index in [1.165, 1.54) is 11.1 Å². The van der Waals surface area contributed by atoms with Crippen LogP contribution in [0.25, 0.3) is 22.2 Å². The number of rotatable bonds is 3. The second-order valence-electron chi connectivity index (χ2n) is 9.09. The predicted octanol–water partition coefficient (Wildman–Crippen LogP) is 1.91. The smallest absolute Gasteiger partial charge is 0.229 e. The fourth-order valence-corrected chi connectivity index (χ4v) is 4.63. The van der Waals surface area contributed by atoms with Crippen LogP contribution < -0.4 is 9.80 Å². The summed E-state index contributed by atoms with van der Waals surface area (Å²) in [6.07, 6.45) is 4.49. The number of likely N-dealkylation sites (N-methyl/N-ethyl adjacent to an activating group) is 1. The van der Waals surface area contributed by atoms with E-state index in [4.69, 9.17) is 14.1 Å². The first-order valence-corrected chi connectivity index (χ1v) is 10.7. The molecule has 1 fully saturated rings. The van der Waals surface area contributed by atoms with Gasteiger partial charge in [0.2, 0.25) is 5.71 Å². The monoisotopic (exact) mass is 396 g/mol. The average Bonchev–Trinajstić information content (AvgIpc) is 3.06. The van der Waals surface area contributed by atoms with Crippen LogP contribution in [0.5, 0.6) is 0 Å². The average molecular weight is 397 g/mol.